The summed E-state index contributed by atoms with van der Waals surface area (Å²) in [5.74, 6) is -0.643. The number of aliphatic hydroxyl groups excluding tert-OH is 1. The first-order chi connectivity index (χ1) is 15.3. The van der Waals surface area contributed by atoms with Crippen LogP contribution in [0.4, 0.5) is 10.2 Å². The van der Waals surface area contributed by atoms with Crippen molar-refractivity contribution in [2.75, 3.05) is 39.5 Å². The molecule has 4 N–H and O–H groups in total. The number of carbonyl (C=O) groups excluding carboxylic acids is 1. The number of benzene rings is 1. The predicted molar refractivity (Wildman–Crippen MR) is 120 cm³/mol. The summed E-state index contributed by atoms with van der Waals surface area (Å²) in [6.45, 7) is 2.63. The maximum atomic E-state index is 12.2. The summed E-state index contributed by atoms with van der Waals surface area (Å²) < 4.78 is 17.6. The number of ether oxygens (including phenoxy) is 1. The average molecular weight is 495 g/mol. The minimum absolute atomic E-state index is 0. The summed E-state index contributed by atoms with van der Waals surface area (Å²) in [6.07, 6.45) is 6.25. The van der Waals surface area contributed by atoms with Crippen molar-refractivity contribution in [3.05, 3.63) is 29.6 Å². The van der Waals surface area contributed by atoms with E-state index in [1.54, 1.807) is 0 Å². The fourth-order valence-electron chi connectivity index (χ4n) is 3.40. The molecule has 0 unspecified atom stereocenters. The van der Waals surface area contributed by atoms with Crippen LogP contribution in [-0.4, -0.2) is 77.7 Å². The molecule has 1 aliphatic carbocycles. The van der Waals surface area contributed by atoms with Gasteiger partial charge in [-0.3, -0.25) is 9.59 Å². The van der Waals surface area contributed by atoms with Crippen LogP contribution in [-0.2, 0) is 9.59 Å². The van der Waals surface area contributed by atoms with Crippen molar-refractivity contribution in [3.63, 3.8) is 0 Å². The first-order valence-electron chi connectivity index (χ1n) is 11.0. The van der Waals surface area contributed by atoms with Crippen molar-refractivity contribution >= 4 is 17.6 Å². The summed E-state index contributed by atoms with van der Waals surface area (Å²) in [5, 5.41) is 21.0. The first kappa shape index (κ1) is 32.2. The fraction of sp³-hybridized carbons (Fsp3) is 0.636. The average Bonchev–Trinajstić information content (AvgIpc) is 2.77. The van der Waals surface area contributed by atoms with E-state index in [1.165, 1.54) is 19.3 Å². The van der Waals surface area contributed by atoms with Gasteiger partial charge >= 0.3 is 57.4 Å². The van der Waals surface area contributed by atoms with E-state index in [9.17, 15) is 14.1 Å². The molecule has 1 saturated carbocycles. The molecule has 0 aliphatic heterocycles. The number of rotatable bonds is 13. The molecule has 182 valence electrons. The molecule has 11 heteroatoms. The Morgan fingerprint density at radius 3 is 2.33 bits per heavy atom. The van der Waals surface area contributed by atoms with Crippen LogP contribution in [0.3, 0.4) is 0 Å². The molecule has 1 fully saturated rings. The van der Waals surface area contributed by atoms with Crippen molar-refractivity contribution in [1.29, 1.82) is 0 Å². The Kier molecular flexibility index (Phi) is 19.0. The van der Waals surface area contributed by atoms with E-state index in [0.29, 0.717) is 19.3 Å². The van der Waals surface area contributed by atoms with Crippen LogP contribution in [0.1, 0.15) is 45.4 Å². The Morgan fingerprint density at radius 1 is 1.18 bits per heavy atom. The quantitative estimate of drug-likeness (QED) is 0.256. The van der Waals surface area contributed by atoms with Gasteiger partial charge in [0.15, 0.2) is 0 Å². The Morgan fingerprint density at radius 2 is 1.82 bits per heavy atom. The van der Waals surface area contributed by atoms with E-state index >= 15 is 0 Å². The molecule has 0 bridgehead atoms. The number of aliphatic carboxylic acids is 1. The van der Waals surface area contributed by atoms with Gasteiger partial charge in [0, 0.05) is 19.2 Å². The maximum absolute atomic E-state index is 12.2. The molecule has 1 amide bonds. The number of nitrogens with two attached hydrogens (primary N) is 1. The minimum Gasteiger partial charge on any atom is -0.672 e. The number of halogens is 1. The second-order valence-corrected chi connectivity index (χ2v) is 7.55. The normalized spacial score (nSPS) is 13.6. The van der Waals surface area contributed by atoms with E-state index in [1.807, 2.05) is 31.2 Å². The van der Waals surface area contributed by atoms with Crippen molar-refractivity contribution in [3.8, 4) is 5.75 Å². The van der Waals surface area contributed by atoms with Crippen molar-refractivity contribution in [2.24, 2.45) is 5.73 Å². The number of amides is 1. The summed E-state index contributed by atoms with van der Waals surface area (Å²) in [7, 11) is 0. The van der Waals surface area contributed by atoms with Gasteiger partial charge in [-0.25, -0.2) is 0 Å². The maximum Gasteiger partial charge on any atom is 1.00 e. The van der Waals surface area contributed by atoms with E-state index in [-0.39, 0.29) is 88.5 Å². The van der Waals surface area contributed by atoms with Crippen LogP contribution in [0.5, 0.6) is 5.75 Å². The molecule has 0 atom stereocenters. The molecular weight excluding hydrogens is 458 g/mol. The summed E-state index contributed by atoms with van der Waals surface area (Å²) >= 11 is 0. The third-order valence-electron chi connectivity index (χ3n) is 4.90. The van der Waals surface area contributed by atoms with Crippen LogP contribution in [0.2, 0.25) is 0 Å². The molecule has 1 aliphatic rings. The van der Waals surface area contributed by atoms with Crippen LogP contribution in [0.25, 0.3) is 5.32 Å². The van der Waals surface area contributed by atoms with E-state index in [4.69, 9.17) is 20.7 Å². The van der Waals surface area contributed by atoms with Gasteiger partial charge in [-0.2, -0.15) is 0 Å². The second-order valence-electron chi connectivity index (χ2n) is 7.55. The number of hydrogen-bond donors (Lipinski definition) is 3. The van der Waals surface area contributed by atoms with Crippen LogP contribution >= 0.6 is 0 Å². The topological polar surface area (TPSA) is 130 Å². The smallest absolute Gasteiger partial charge is 0.672 e. The molecule has 2 rings (SSSR count). The number of primary amides is 1. The number of hydrogen-bond acceptors (Lipinski definition) is 6. The monoisotopic (exact) mass is 494 g/mol. The Hall–Kier alpha value is -0.794. The van der Waals surface area contributed by atoms with Gasteiger partial charge in [-0.1, -0.05) is 38.1 Å². The zero-order chi connectivity index (χ0) is 23.8. The van der Waals surface area contributed by atoms with E-state index in [2.05, 4.69) is 10.2 Å². The third kappa shape index (κ3) is 15.7. The second kappa shape index (κ2) is 19.5. The minimum atomic E-state index is -1.21. The molecule has 9 nitrogen and oxygen atoms in total. The number of carboxylic acid groups (broad SMARTS) is 1. The SMILES string of the molecule is CCOc1ccc([N-]CN(CC(N)=O)C2CCCCC2)cc1.O=C(O)CN(F)CCCO.[K+]. The third-order valence-corrected chi connectivity index (χ3v) is 4.90. The molecule has 33 heavy (non-hydrogen) atoms. The van der Waals surface area contributed by atoms with Gasteiger partial charge in [0.05, 0.1) is 13.2 Å². The zero-order valence-corrected chi connectivity index (χ0v) is 22.9. The summed E-state index contributed by atoms with van der Waals surface area (Å²) in [5.41, 5.74) is 6.28. The summed E-state index contributed by atoms with van der Waals surface area (Å²) in [4.78, 5) is 23.2. The largest absolute Gasteiger partial charge is 1.00 e. The first-order valence-corrected chi connectivity index (χ1v) is 11.0. The molecule has 0 heterocycles. The molecule has 1 aromatic carbocycles. The van der Waals surface area contributed by atoms with E-state index in [0.717, 1.165) is 24.3 Å². The fourth-order valence-corrected chi connectivity index (χ4v) is 3.40. The number of nitrogens with zero attached hydrogens (tertiary/aromatic N) is 3. The van der Waals surface area contributed by atoms with Gasteiger partial charge in [-0.05, 0) is 38.3 Å². The molecular formula is C22H36FKN4O5. The Labute approximate surface area is 238 Å². The van der Waals surface area contributed by atoms with E-state index < -0.39 is 12.5 Å². The molecule has 0 aromatic heterocycles. The van der Waals surface area contributed by atoms with Gasteiger partial charge in [0.25, 0.3) is 0 Å². The van der Waals surface area contributed by atoms with Crippen molar-refractivity contribution in [2.45, 2.75) is 51.5 Å². The van der Waals surface area contributed by atoms with Crippen LogP contribution in [0, 0.1) is 0 Å². The standard InChI is InChI=1S/C17H26N3O2.C5H10FNO3.K/c1-2-22-16-10-8-14(9-11-16)19-13-20(12-17(18)21)15-6-4-3-5-7-15;6-7(2-1-3-8)4-5(9)10;/h8-11,15H,2-7,12-13H2,1H3,(H2,18,21);8H,1-4H2,(H,9,10);/q-1;;+1. The predicted octanol–water partition coefficient (Wildman–Crippen LogP) is -0.188. The molecule has 1 aromatic rings. The van der Waals surface area contributed by atoms with Crippen molar-refractivity contribution in [1.82, 2.24) is 10.0 Å². The molecule has 0 radical (unpaired) electrons. The number of carbonyl (C=O) groups is 2. The van der Waals surface area contributed by atoms with Gasteiger partial charge < -0.3 is 30.9 Å². The molecule has 0 saturated heterocycles. The van der Waals surface area contributed by atoms with Crippen LogP contribution < -0.4 is 61.9 Å². The van der Waals surface area contributed by atoms with Crippen LogP contribution in [0.15, 0.2) is 24.3 Å². The van der Waals surface area contributed by atoms with Gasteiger partial charge in [0.1, 0.15) is 12.3 Å². The zero-order valence-electron chi connectivity index (χ0n) is 19.8. The van der Waals surface area contributed by atoms with Gasteiger partial charge in [0.2, 0.25) is 5.91 Å². The van der Waals surface area contributed by atoms with Gasteiger partial charge in [-0.15, -0.1) is 15.3 Å². The summed E-state index contributed by atoms with van der Waals surface area (Å²) in [6, 6.07) is 8.14. The number of aliphatic hydroxyl groups is 1. The number of carboxylic acids is 1. The Bertz CT molecular complexity index is 663. The molecule has 0 spiro atoms. The Balaban J connectivity index is 0.000000794. The van der Waals surface area contributed by atoms with Crippen molar-refractivity contribution < 1.29 is 80.4 Å².